The van der Waals surface area contributed by atoms with Crippen molar-refractivity contribution in [3.8, 4) is 0 Å². The molecule has 116 valence electrons. The van der Waals surface area contributed by atoms with Crippen LogP contribution in [0.15, 0.2) is 23.5 Å². The van der Waals surface area contributed by atoms with Crippen LogP contribution in [-0.2, 0) is 11.3 Å². The highest BCUT2D eigenvalue weighted by molar-refractivity contribution is 5.96. The average molecular weight is 293 g/mol. The van der Waals surface area contributed by atoms with Gasteiger partial charge < -0.3 is 21.6 Å². The van der Waals surface area contributed by atoms with E-state index < -0.39 is 0 Å². The van der Waals surface area contributed by atoms with Gasteiger partial charge in [0, 0.05) is 32.3 Å². The topological polar surface area (TPSA) is 113 Å². The zero-order valence-corrected chi connectivity index (χ0v) is 12.5. The fraction of sp³-hybridized carbons (Fsp3) is 0.500. The van der Waals surface area contributed by atoms with E-state index in [2.05, 4.69) is 34.6 Å². The van der Waals surface area contributed by atoms with E-state index in [0.717, 1.165) is 5.56 Å². The molecule has 1 amide bonds. The Hall–Kier alpha value is -2.15. The lowest BCUT2D eigenvalue weighted by molar-refractivity contribution is -0.121. The second-order valence-corrected chi connectivity index (χ2v) is 5.12. The summed E-state index contributed by atoms with van der Waals surface area (Å²) in [5, 5.41) is 17.7. The number of rotatable bonds is 8. The predicted octanol–water partition coefficient (Wildman–Crippen LogP) is 0.428. The first-order chi connectivity index (χ1) is 10.0. The molecule has 0 atom stereocenters. The average Bonchev–Trinajstić information content (AvgIpc) is 2.49. The summed E-state index contributed by atoms with van der Waals surface area (Å²) in [4.78, 5) is 15.6. The van der Waals surface area contributed by atoms with Crippen molar-refractivity contribution in [1.82, 2.24) is 15.6 Å². The molecule has 0 spiro atoms. The number of pyridine rings is 1. The van der Waals surface area contributed by atoms with Crippen LogP contribution in [0.4, 0.5) is 0 Å². The SMILES string of the molecule is CC(C)CNC(=O)CCNCc1cccnc1/C(N)=N/O. The third-order valence-corrected chi connectivity index (χ3v) is 2.79. The summed E-state index contributed by atoms with van der Waals surface area (Å²) in [6, 6.07) is 3.62. The molecule has 21 heavy (non-hydrogen) atoms. The van der Waals surface area contributed by atoms with E-state index in [1.54, 1.807) is 12.3 Å². The van der Waals surface area contributed by atoms with Gasteiger partial charge in [0.1, 0.15) is 5.69 Å². The third-order valence-electron chi connectivity index (χ3n) is 2.79. The zero-order valence-electron chi connectivity index (χ0n) is 12.5. The molecule has 0 aliphatic carbocycles. The highest BCUT2D eigenvalue weighted by Gasteiger charge is 2.08. The fourth-order valence-corrected chi connectivity index (χ4v) is 1.69. The molecule has 0 fully saturated rings. The minimum atomic E-state index is -0.0259. The van der Waals surface area contributed by atoms with Crippen molar-refractivity contribution in [2.24, 2.45) is 16.8 Å². The Morgan fingerprint density at radius 2 is 2.29 bits per heavy atom. The van der Waals surface area contributed by atoms with Crippen LogP contribution in [0.3, 0.4) is 0 Å². The standard InChI is InChI=1S/C14H23N5O2/c1-10(2)8-18-12(20)5-7-16-9-11-4-3-6-17-13(11)14(15)19-21/h3-4,6,10,16,21H,5,7-9H2,1-2H3,(H2,15,19)(H,18,20). The summed E-state index contributed by atoms with van der Waals surface area (Å²) < 4.78 is 0. The predicted molar refractivity (Wildman–Crippen MR) is 80.9 cm³/mol. The minimum absolute atomic E-state index is 0.0259. The molecule has 1 rings (SSSR count). The van der Waals surface area contributed by atoms with Gasteiger partial charge in [0.2, 0.25) is 5.91 Å². The summed E-state index contributed by atoms with van der Waals surface area (Å²) in [5.74, 6) is 0.446. The van der Waals surface area contributed by atoms with Crippen molar-refractivity contribution >= 4 is 11.7 Å². The van der Waals surface area contributed by atoms with Crippen molar-refractivity contribution < 1.29 is 10.0 Å². The quantitative estimate of drug-likeness (QED) is 0.182. The Morgan fingerprint density at radius 1 is 1.52 bits per heavy atom. The van der Waals surface area contributed by atoms with Crippen LogP contribution in [0.25, 0.3) is 0 Å². The number of oxime groups is 1. The lowest BCUT2D eigenvalue weighted by Gasteiger charge is -2.10. The number of hydrogen-bond acceptors (Lipinski definition) is 5. The van der Waals surface area contributed by atoms with Gasteiger partial charge in [0.05, 0.1) is 0 Å². The molecule has 0 saturated carbocycles. The first kappa shape index (κ1) is 16.9. The maximum atomic E-state index is 11.5. The largest absolute Gasteiger partial charge is 0.409 e. The monoisotopic (exact) mass is 293 g/mol. The van der Waals surface area contributed by atoms with Gasteiger partial charge in [-0.3, -0.25) is 9.78 Å². The van der Waals surface area contributed by atoms with Crippen molar-refractivity contribution in [2.45, 2.75) is 26.8 Å². The van der Waals surface area contributed by atoms with Gasteiger partial charge in [-0.25, -0.2) is 0 Å². The fourth-order valence-electron chi connectivity index (χ4n) is 1.69. The van der Waals surface area contributed by atoms with E-state index in [1.165, 1.54) is 0 Å². The van der Waals surface area contributed by atoms with Crippen LogP contribution in [0.2, 0.25) is 0 Å². The second-order valence-electron chi connectivity index (χ2n) is 5.12. The molecular formula is C14H23N5O2. The van der Waals surface area contributed by atoms with E-state index >= 15 is 0 Å². The molecule has 0 aliphatic rings. The van der Waals surface area contributed by atoms with Crippen molar-refractivity contribution in [1.29, 1.82) is 0 Å². The highest BCUT2D eigenvalue weighted by Crippen LogP contribution is 2.04. The van der Waals surface area contributed by atoms with Gasteiger partial charge in [0.25, 0.3) is 0 Å². The highest BCUT2D eigenvalue weighted by atomic mass is 16.4. The Morgan fingerprint density at radius 3 is 2.95 bits per heavy atom. The number of carbonyl (C=O) groups excluding carboxylic acids is 1. The molecule has 0 radical (unpaired) electrons. The van der Waals surface area contributed by atoms with Gasteiger partial charge in [0.15, 0.2) is 5.84 Å². The number of aromatic nitrogens is 1. The molecule has 1 aromatic heterocycles. The molecule has 7 heteroatoms. The van der Waals surface area contributed by atoms with E-state index in [0.29, 0.717) is 37.7 Å². The Balaban J connectivity index is 2.38. The van der Waals surface area contributed by atoms with Crippen molar-refractivity contribution in [3.05, 3.63) is 29.6 Å². The molecule has 1 aromatic rings. The van der Waals surface area contributed by atoms with Crippen molar-refractivity contribution in [3.63, 3.8) is 0 Å². The molecule has 1 heterocycles. The van der Waals surface area contributed by atoms with E-state index in [9.17, 15) is 4.79 Å². The first-order valence-corrected chi connectivity index (χ1v) is 6.93. The van der Waals surface area contributed by atoms with Gasteiger partial charge >= 0.3 is 0 Å². The number of nitrogens with two attached hydrogens (primary N) is 1. The minimum Gasteiger partial charge on any atom is -0.409 e. The smallest absolute Gasteiger partial charge is 0.221 e. The molecule has 7 nitrogen and oxygen atoms in total. The summed E-state index contributed by atoms with van der Waals surface area (Å²) in [6.45, 7) is 5.84. The lowest BCUT2D eigenvalue weighted by Crippen LogP contribution is -2.30. The summed E-state index contributed by atoms with van der Waals surface area (Å²) >= 11 is 0. The number of hydrogen-bond donors (Lipinski definition) is 4. The Labute approximate surface area is 124 Å². The number of nitrogens with zero attached hydrogens (tertiary/aromatic N) is 2. The van der Waals surface area contributed by atoms with Gasteiger partial charge in [-0.15, -0.1) is 0 Å². The van der Waals surface area contributed by atoms with Crippen LogP contribution in [0.1, 0.15) is 31.5 Å². The van der Waals surface area contributed by atoms with Crippen LogP contribution in [-0.4, -0.2) is 35.0 Å². The maximum Gasteiger partial charge on any atom is 0.221 e. The van der Waals surface area contributed by atoms with Crippen LogP contribution in [0.5, 0.6) is 0 Å². The number of carbonyl (C=O) groups is 1. The molecule has 0 aliphatic heterocycles. The van der Waals surface area contributed by atoms with Crippen molar-refractivity contribution in [2.75, 3.05) is 13.1 Å². The molecular weight excluding hydrogens is 270 g/mol. The summed E-state index contributed by atoms with van der Waals surface area (Å²) in [5.41, 5.74) is 6.82. The van der Waals surface area contributed by atoms with Gasteiger partial charge in [-0.2, -0.15) is 0 Å². The van der Waals surface area contributed by atoms with E-state index in [1.807, 2.05) is 6.07 Å². The molecule has 0 bridgehead atoms. The van der Waals surface area contributed by atoms with Gasteiger partial charge in [-0.05, 0) is 17.5 Å². The van der Waals surface area contributed by atoms with Crippen LogP contribution < -0.4 is 16.4 Å². The number of amides is 1. The molecule has 5 N–H and O–H groups in total. The van der Waals surface area contributed by atoms with Crippen LogP contribution in [0, 0.1) is 5.92 Å². The summed E-state index contributed by atoms with van der Waals surface area (Å²) in [7, 11) is 0. The first-order valence-electron chi connectivity index (χ1n) is 6.93. The Kier molecular flexibility index (Phi) is 7.17. The van der Waals surface area contributed by atoms with Crippen LogP contribution >= 0.6 is 0 Å². The van der Waals surface area contributed by atoms with E-state index in [-0.39, 0.29) is 11.7 Å². The lowest BCUT2D eigenvalue weighted by atomic mass is 10.2. The van der Waals surface area contributed by atoms with Gasteiger partial charge in [-0.1, -0.05) is 25.1 Å². The molecule has 0 aromatic carbocycles. The third kappa shape index (κ3) is 6.22. The normalized spacial score (nSPS) is 11.7. The van der Waals surface area contributed by atoms with E-state index in [4.69, 9.17) is 10.9 Å². The zero-order chi connectivity index (χ0) is 15.7. The number of nitrogens with one attached hydrogen (secondary N) is 2. The summed E-state index contributed by atoms with van der Waals surface area (Å²) in [6.07, 6.45) is 1.99. The molecule has 0 unspecified atom stereocenters. The molecule has 0 saturated heterocycles. The second kappa shape index (κ2) is 8.91. The Bertz CT molecular complexity index is 488. The number of amidine groups is 1. The maximum absolute atomic E-state index is 11.5.